The second-order valence-corrected chi connectivity index (χ2v) is 10.5. The van der Waals surface area contributed by atoms with Crippen molar-refractivity contribution in [2.75, 3.05) is 19.7 Å². The quantitative estimate of drug-likeness (QED) is 0.638. The third kappa shape index (κ3) is 5.02. The normalized spacial score (nSPS) is 18.9. The van der Waals surface area contributed by atoms with Gasteiger partial charge < -0.3 is 14.8 Å². The number of hydrogen-bond donors (Lipinski definition) is 1. The zero-order valence-corrected chi connectivity index (χ0v) is 20.0. The number of amides is 1. The van der Waals surface area contributed by atoms with Crippen LogP contribution in [0.2, 0.25) is 0 Å². The van der Waals surface area contributed by atoms with E-state index in [0.717, 1.165) is 39.7 Å². The molecule has 4 rings (SSSR count). The molecule has 2 aromatic carbocycles. The number of carbonyl (C=O) groups excluding carboxylic acids is 1. The number of fused-ring (bicyclic) bond motifs is 1. The molecular weight excluding hydrogens is 466 g/mol. The van der Waals surface area contributed by atoms with Crippen LogP contribution in [0.4, 0.5) is 8.78 Å². The van der Waals surface area contributed by atoms with Gasteiger partial charge in [0.25, 0.3) is 0 Å². The maximum atomic E-state index is 14.0. The molecule has 0 unspecified atom stereocenters. The number of nitrogens with zero attached hydrogens (tertiary/aromatic N) is 1. The largest absolute Gasteiger partial charge is 0.494 e. The molecule has 0 bridgehead atoms. The number of nitrogens with one attached hydrogen (secondary N) is 1. The summed E-state index contributed by atoms with van der Waals surface area (Å²) < 4.78 is 65.4. The fraction of sp³-hybridized carbons (Fsp3) is 0.458. The van der Waals surface area contributed by atoms with E-state index in [1.54, 1.807) is 0 Å². The van der Waals surface area contributed by atoms with Gasteiger partial charge in [-0.15, -0.1) is 0 Å². The summed E-state index contributed by atoms with van der Waals surface area (Å²) in [5.74, 6) is -1.01. The molecule has 0 aromatic heterocycles. The SMILES string of the molecule is CCOc1cc2c(cc1CNC(=O)C1CCN(S(=O)(=O)c3ccc(F)cc3F)CC1)O[C@@H](C)C2. The molecule has 2 heterocycles. The average molecular weight is 495 g/mol. The second kappa shape index (κ2) is 9.87. The van der Waals surface area contributed by atoms with Gasteiger partial charge in [0.2, 0.25) is 15.9 Å². The lowest BCUT2D eigenvalue weighted by atomic mass is 9.97. The molecule has 2 aromatic rings. The predicted molar refractivity (Wildman–Crippen MR) is 121 cm³/mol. The van der Waals surface area contributed by atoms with Gasteiger partial charge in [-0.25, -0.2) is 17.2 Å². The Morgan fingerprint density at radius 3 is 2.62 bits per heavy atom. The maximum Gasteiger partial charge on any atom is 0.245 e. The van der Waals surface area contributed by atoms with Gasteiger partial charge in [0, 0.05) is 49.2 Å². The van der Waals surface area contributed by atoms with Gasteiger partial charge in [0.1, 0.15) is 34.1 Å². The van der Waals surface area contributed by atoms with Crippen LogP contribution >= 0.6 is 0 Å². The highest BCUT2D eigenvalue weighted by Gasteiger charge is 2.33. The number of ether oxygens (including phenoxy) is 2. The van der Waals surface area contributed by atoms with Gasteiger partial charge in [-0.3, -0.25) is 4.79 Å². The Hall–Kier alpha value is -2.72. The average Bonchev–Trinajstić information content (AvgIpc) is 3.16. The number of benzene rings is 2. The van der Waals surface area contributed by atoms with E-state index in [-0.39, 0.29) is 37.6 Å². The van der Waals surface area contributed by atoms with Crippen LogP contribution in [0.25, 0.3) is 0 Å². The van der Waals surface area contributed by atoms with Gasteiger partial charge in [-0.2, -0.15) is 4.31 Å². The Morgan fingerprint density at radius 1 is 1.21 bits per heavy atom. The minimum atomic E-state index is -4.11. The topological polar surface area (TPSA) is 84.9 Å². The van der Waals surface area contributed by atoms with Crippen molar-refractivity contribution in [1.82, 2.24) is 9.62 Å². The summed E-state index contributed by atoms with van der Waals surface area (Å²) in [6.07, 6.45) is 1.51. The van der Waals surface area contributed by atoms with Crippen molar-refractivity contribution in [2.24, 2.45) is 5.92 Å². The number of piperidine rings is 1. The molecule has 1 saturated heterocycles. The van der Waals surface area contributed by atoms with E-state index >= 15 is 0 Å². The molecule has 7 nitrogen and oxygen atoms in total. The van der Waals surface area contributed by atoms with Crippen molar-refractivity contribution in [3.05, 3.63) is 53.1 Å². The first-order chi connectivity index (χ1) is 16.2. The van der Waals surface area contributed by atoms with Crippen LogP contribution in [0.15, 0.2) is 35.2 Å². The van der Waals surface area contributed by atoms with E-state index in [2.05, 4.69) is 5.32 Å². The summed E-state index contributed by atoms with van der Waals surface area (Å²) in [5, 5.41) is 2.93. The lowest BCUT2D eigenvalue weighted by Crippen LogP contribution is -2.43. The van der Waals surface area contributed by atoms with Gasteiger partial charge in [0.05, 0.1) is 6.61 Å². The van der Waals surface area contributed by atoms with Gasteiger partial charge in [0.15, 0.2) is 0 Å². The van der Waals surface area contributed by atoms with Crippen molar-refractivity contribution < 1.29 is 31.5 Å². The smallest absolute Gasteiger partial charge is 0.245 e. The van der Waals surface area contributed by atoms with Crippen LogP contribution in [0.5, 0.6) is 11.5 Å². The number of hydrogen-bond acceptors (Lipinski definition) is 5. The molecule has 10 heteroatoms. The fourth-order valence-electron chi connectivity index (χ4n) is 4.42. The first kappa shape index (κ1) is 24.4. The molecule has 0 radical (unpaired) electrons. The standard InChI is InChI=1S/C24H28F2N2O5S/c1-3-32-21-11-17-10-15(2)33-22(17)12-18(21)14-27-24(29)16-6-8-28(9-7-16)34(30,31)23-5-4-19(25)13-20(23)26/h4-5,11-13,15-16H,3,6-10,14H2,1-2H3,(H,27,29)/t15-/m0/s1. The fourth-order valence-corrected chi connectivity index (χ4v) is 5.93. The van der Waals surface area contributed by atoms with Crippen LogP contribution in [-0.4, -0.2) is 44.4 Å². The first-order valence-corrected chi connectivity index (χ1v) is 12.8. The van der Waals surface area contributed by atoms with E-state index in [1.807, 2.05) is 26.0 Å². The third-order valence-corrected chi connectivity index (χ3v) is 8.10. The van der Waals surface area contributed by atoms with Gasteiger partial charge in [-0.1, -0.05) is 0 Å². The highest BCUT2D eigenvalue weighted by Crippen LogP contribution is 2.35. The number of sulfonamides is 1. The Balaban J connectivity index is 1.37. The summed E-state index contributed by atoms with van der Waals surface area (Å²) in [7, 11) is -4.11. The van der Waals surface area contributed by atoms with Crippen LogP contribution < -0.4 is 14.8 Å². The van der Waals surface area contributed by atoms with Crippen molar-refractivity contribution in [1.29, 1.82) is 0 Å². The van der Waals surface area contributed by atoms with E-state index in [0.29, 0.717) is 31.3 Å². The molecule has 0 aliphatic carbocycles. The van der Waals surface area contributed by atoms with Gasteiger partial charge >= 0.3 is 0 Å². The Bertz CT molecular complexity index is 1180. The first-order valence-electron chi connectivity index (χ1n) is 11.4. The zero-order chi connectivity index (χ0) is 24.5. The molecule has 1 N–H and O–H groups in total. The monoisotopic (exact) mass is 494 g/mol. The summed E-state index contributed by atoms with van der Waals surface area (Å²) in [4.78, 5) is 12.2. The summed E-state index contributed by atoms with van der Waals surface area (Å²) >= 11 is 0. The molecular formula is C24H28F2N2O5S. The molecule has 2 aliphatic rings. The van der Waals surface area contributed by atoms with Crippen LogP contribution in [-0.2, 0) is 27.8 Å². The van der Waals surface area contributed by atoms with Crippen LogP contribution in [0, 0.1) is 17.6 Å². The predicted octanol–water partition coefficient (Wildman–Crippen LogP) is 3.40. The van der Waals surface area contributed by atoms with E-state index < -0.39 is 26.6 Å². The molecule has 1 atom stereocenters. The van der Waals surface area contributed by atoms with Crippen molar-refractivity contribution in [2.45, 2.75) is 50.7 Å². The van der Waals surface area contributed by atoms with Crippen molar-refractivity contribution in [3.8, 4) is 11.5 Å². The number of halogens is 2. The van der Waals surface area contributed by atoms with Crippen LogP contribution in [0.3, 0.4) is 0 Å². The molecule has 0 saturated carbocycles. The Kier molecular flexibility index (Phi) is 7.09. The van der Waals surface area contributed by atoms with Crippen molar-refractivity contribution >= 4 is 15.9 Å². The van der Waals surface area contributed by atoms with Crippen molar-refractivity contribution in [3.63, 3.8) is 0 Å². The highest BCUT2D eigenvalue weighted by atomic mass is 32.2. The molecule has 2 aliphatic heterocycles. The molecule has 1 fully saturated rings. The lowest BCUT2D eigenvalue weighted by Gasteiger charge is -2.30. The van der Waals surface area contributed by atoms with Crippen LogP contribution in [0.1, 0.15) is 37.8 Å². The molecule has 34 heavy (non-hydrogen) atoms. The number of carbonyl (C=O) groups is 1. The molecule has 184 valence electrons. The third-order valence-electron chi connectivity index (χ3n) is 6.17. The van der Waals surface area contributed by atoms with E-state index in [9.17, 15) is 22.0 Å². The Labute approximate surface area is 198 Å². The second-order valence-electron chi connectivity index (χ2n) is 8.60. The maximum absolute atomic E-state index is 14.0. The minimum Gasteiger partial charge on any atom is -0.494 e. The van der Waals surface area contributed by atoms with E-state index in [1.165, 1.54) is 0 Å². The van der Waals surface area contributed by atoms with E-state index in [4.69, 9.17) is 9.47 Å². The minimum absolute atomic E-state index is 0.0754. The molecule has 1 amide bonds. The van der Waals surface area contributed by atoms with Gasteiger partial charge in [-0.05, 0) is 51.0 Å². The highest BCUT2D eigenvalue weighted by molar-refractivity contribution is 7.89. The Morgan fingerprint density at radius 2 is 1.94 bits per heavy atom. The zero-order valence-electron chi connectivity index (χ0n) is 19.1. The summed E-state index contributed by atoms with van der Waals surface area (Å²) in [6.45, 7) is 4.81. The molecule has 0 spiro atoms. The summed E-state index contributed by atoms with van der Waals surface area (Å²) in [6, 6.07) is 6.25. The lowest BCUT2D eigenvalue weighted by molar-refractivity contribution is -0.126. The number of rotatable bonds is 7. The summed E-state index contributed by atoms with van der Waals surface area (Å²) in [5.41, 5.74) is 1.90.